The number of amides is 1. The third-order valence-electron chi connectivity index (χ3n) is 4.35. The smallest absolute Gasteiger partial charge is 0.340 e. The third-order valence-corrected chi connectivity index (χ3v) is 5.31. The van der Waals surface area contributed by atoms with Gasteiger partial charge in [-0.05, 0) is 42.5 Å². The van der Waals surface area contributed by atoms with Crippen LogP contribution in [0.4, 0.5) is 34.2 Å². The molecule has 0 atom stereocenters. The lowest BCUT2D eigenvalue weighted by Crippen LogP contribution is -2.11. The van der Waals surface area contributed by atoms with E-state index in [0.717, 1.165) is 17.4 Å². The Kier molecular flexibility index (Phi) is 6.25. The SMILES string of the molecule is O=C(Nc1nc(-c2ccc(F)c(C(F)(F)F)c2)cs1)c1ccc(Nc2cc(Cl)ncn2)cc1. The largest absolute Gasteiger partial charge is 0.419 e. The molecule has 6 nitrogen and oxygen atoms in total. The first-order valence-electron chi connectivity index (χ1n) is 9.18. The van der Waals surface area contributed by atoms with Crippen LogP contribution in [0.3, 0.4) is 0 Å². The first kappa shape index (κ1) is 22.6. The zero-order valence-electron chi connectivity index (χ0n) is 16.3. The molecule has 168 valence electrons. The van der Waals surface area contributed by atoms with E-state index in [1.807, 2.05) is 0 Å². The molecule has 0 aliphatic heterocycles. The number of hydrogen-bond donors (Lipinski definition) is 2. The van der Waals surface area contributed by atoms with E-state index in [2.05, 4.69) is 25.6 Å². The second-order valence-electron chi connectivity index (χ2n) is 6.61. The van der Waals surface area contributed by atoms with Crippen LogP contribution in [0.5, 0.6) is 0 Å². The van der Waals surface area contributed by atoms with Gasteiger partial charge in [0.25, 0.3) is 5.91 Å². The zero-order chi connectivity index (χ0) is 23.6. The fourth-order valence-corrected chi connectivity index (χ4v) is 3.65. The Bertz CT molecular complexity index is 1310. The first-order chi connectivity index (χ1) is 15.7. The number of nitrogens with zero attached hydrogens (tertiary/aromatic N) is 3. The lowest BCUT2D eigenvalue weighted by atomic mass is 10.1. The summed E-state index contributed by atoms with van der Waals surface area (Å²) < 4.78 is 52.3. The summed E-state index contributed by atoms with van der Waals surface area (Å²) in [6.07, 6.45) is -3.52. The summed E-state index contributed by atoms with van der Waals surface area (Å²) >= 11 is 6.85. The predicted octanol–water partition coefficient (Wildman–Crippen LogP) is 6.41. The van der Waals surface area contributed by atoms with Crippen LogP contribution in [0, 0.1) is 5.82 Å². The van der Waals surface area contributed by atoms with E-state index in [1.54, 1.807) is 30.3 Å². The molecule has 4 aromatic rings. The summed E-state index contributed by atoms with van der Waals surface area (Å²) in [7, 11) is 0. The summed E-state index contributed by atoms with van der Waals surface area (Å²) in [6, 6.07) is 10.6. The van der Waals surface area contributed by atoms with Crippen LogP contribution >= 0.6 is 22.9 Å². The number of rotatable bonds is 5. The van der Waals surface area contributed by atoms with Gasteiger partial charge in [-0.15, -0.1) is 11.3 Å². The van der Waals surface area contributed by atoms with Crippen molar-refractivity contribution in [1.29, 1.82) is 0 Å². The fourth-order valence-electron chi connectivity index (χ4n) is 2.79. The van der Waals surface area contributed by atoms with Crippen molar-refractivity contribution in [2.45, 2.75) is 6.18 Å². The molecule has 0 fully saturated rings. The maximum absolute atomic E-state index is 13.5. The highest BCUT2D eigenvalue weighted by Crippen LogP contribution is 2.35. The van der Waals surface area contributed by atoms with Gasteiger partial charge in [0, 0.05) is 28.3 Å². The van der Waals surface area contributed by atoms with Gasteiger partial charge in [-0.2, -0.15) is 13.2 Å². The van der Waals surface area contributed by atoms with Crippen molar-refractivity contribution >= 4 is 45.5 Å². The topological polar surface area (TPSA) is 79.8 Å². The molecule has 4 rings (SSSR count). The summed E-state index contributed by atoms with van der Waals surface area (Å²) in [4.78, 5) is 24.5. The number of alkyl halides is 3. The molecule has 0 unspecified atom stereocenters. The molecule has 2 N–H and O–H groups in total. The van der Waals surface area contributed by atoms with Crippen LogP contribution in [-0.2, 0) is 6.18 Å². The van der Waals surface area contributed by atoms with E-state index in [4.69, 9.17) is 11.6 Å². The van der Waals surface area contributed by atoms with Crippen molar-refractivity contribution in [3.63, 3.8) is 0 Å². The highest BCUT2D eigenvalue weighted by Gasteiger charge is 2.34. The van der Waals surface area contributed by atoms with E-state index in [0.29, 0.717) is 23.1 Å². The zero-order valence-corrected chi connectivity index (χ0v) is 17.9. The van der Waals surface area contributed by atoms with Gasteiger partial charge in [0.15, 0.2) is 5.13 Å². The van der Waals surface area contributed by atoms with Crippen molar-refractivity contribution in [3.8, 4) is 11.3 Å². The second-order valence-corrected chi connectivity index (χ2v) is 7.86. The highest BCUT2D eigenvalue weighted by atomic mass is 35.5. The van der Waals surface area contributed by atoms with Gasteiger partial charge < -0.3 is 5.32 Å². The van der Waals surface area contributed by atoms with Crippen molar-refractivity contribution in [2.24, 2.45) is 0 Å². The molecule has 0 bridgehead atoms. The first-order valence-corrected chi connectivity index (χ1v) is 10.4. The van der Waals surface area contributed by atoms with Gasteiger partial charge >= 0.3 is 6.18 Å². The van der Waals surface area contributed by atoms with E-state index in [1.165, 1.54) is 17.8 Å². The third kappa shape index (κ3) is 5.44. The normalized spacial score (nSPS) is 11.3. The van der Waals surface area contributed by atoms with Crippen LogP contribution in [-0.4, -0.2) is 20.9 Å². The molecule has 33 heavy (non-hydrogen) atoms. The van der Waals surface area contributed by atoms with Crippen molar-refractivity contribution in [1.82, 2.24) is 15.0 Å². The fraction of sp³-hybridized carbons (Fsp3) is 0.0476. The molecule has 12 heteroatoms. The molecule has 0 saturated heterocycles. The van der Waals surface area contributed by atoms with E-state index >= 15 is 0 Å². The van der Waals surface area contributed by atoms with Gasteiger partial charge in [-0.3, -0.25) is 10.1 Å². The highest BCUT2D eigenvalue weighted by molar-refractivity contribution is 7.14. The summed E-state index contributed by atoms with van der Waals surface area (Å²) in [5, 5.41) is 7.55. The van der Waals surface area contributed by atoms with Crippen LogP contribution in [0.25, 0.3) is 11.3 Å². The summed E-state index contributed by atoms with van der Waals surface area (Å²) in [5.74, 6) is -1.34. The molecule has 0 saturated carbocycles. The summed E-state index contributed by atoms with van der Waals surface area (Å²) in [6.45, 7) is 0. The number of halogens is 5. The Balaban J connectivity index is 1.45. The minimum atomic E-state index is -4.83. The Morgan fingerprint density at radius 2 is 1.79 bits per heavy atom. The molecule has 2 aromatic heterocycles. The van der Waals surface area contributed by atoms with E-state index < -0.39 is 23.5 Å². The maximum atomic E-state index is 13.5. The van der Waals surface area contributed by atoms with E-state index in [-0.39, 0.29) is 21.5 Å². The number of carbonyl (C=O) groups excluding carboxylic acids is 1. The van der Waals surface area contributed by atoms with Crippen molar-refractivity contribution in [2.75, 3.05) is 10.6 Å². The van der Waals surface area contributed by atoms with Gasteiger partial charge in [-0.1, -0.05) is 11.6 Å². The average molecular weight is 494 g/mol. The van der Waals surface area contributed by atoms with Crippen LogP contribution in [0.15, 0.2) is 60.2 Å². The lowest BCUT2D eigenvalue weighted by Gasteiger charge is -2.09. The molecular formula is C21H12ClF4N5OS. The molecule has 0 spiro atoms. The number of aromatic nitrogens is 3. The molecular weight excluding hydrogens is 482 g/mol. The van der Waals surface area contributed by atoms with Crippen molar-refractivity contribution in [3.05, 3.63) is 82.3 Å². The second kappa shape index (κ2) is 9.12. The Morgan fingerprint density at radius 1 is 1.03 bits per heavy atom. The number of carbonyl (C=O) groups is 1. The number of thiazole rings is 1. The minimum absolute atomic E-state index is 0.0840. The van der Waals surface area contributed by atoms with Crippen molar-refractivity contribution < 1.29 is 22.4 Å². The lowest BCUT2D eigenvalue weighted by molar-refractivity contribution is -0.139. The quantitative estimate of drug-likeness (QED) is 0.248. The predicted molar refractivity (Wildman–Crippen MR) is 117 cm³/mol. The summed E-state index contributed by atoms with van der Waals surface area (Å²) in [5.41, 5.74) is -0.116. The maximum Gasteiger partial charge on any atom is 0.419 e. The number of nitrogens with one attached hydrogen (secondary N) is 2. The van der Waals surface area contributed by atoms with Gasteiger partial charge in [-0.25, -0.2) is 19.3 Å². The molecule has 0 aliphatic rings. The molecule has 1 amide bonds. The van der Waals surface area contributed by atoms with E-state index in [9.17, 15) is 22.4 Å². The number of benzene rings is 2. The van der Waals surface area contributed by atoms with Gasteiger partial charge in [0.2, 0.25) is 0 Å². The van der Waals surface area contributed by atoms with Crippen LogP contribution in [0.1, 0.15) is 15.9 Å². The van der Waals surface area contributed by atoms with Gasteiger partial charge in [0.1, 0.15) is 23.1 Å². The molecule has 2 aromatic carbocycles. The number of hydrogen-bond acceptors (Lipinski definition) is 6. The van der Waals surface area contributed by atoms with Gasteiger partial charge in [0.05, 0.1) is 11.3 Å². The molecule has 0 aliphatic carbocycles. The molecule has 2 heterocycles. The molecule has 0 radical (unpaired) electrons. The minimum Gasteiger partial charge on any atom is -0.340 e. The Labute approximate surface area is 193 Å². The Hall–Kier alpha value is -3.57. The average Bonchev–Trinajstić information content (AvgIpc) is 3.22. The van der Waals surface area contributed by atoms with Crippen LogP contribution in [0.2, 0.25) is 5.15 Å². The number of anilines is 3. The monoisotopic (exact) mass is 493 g/mol. The standard InChI is InChI=1S/C21H12ClF4N5OS/c22-17-8-18(28-10-27-17)29-13-4-1-11(2-5-13)19(32)31-20-30-16(9-33-20)12-3-6-15(23)14(7-12)21(24,25)26/h1-10H,(H,27,28,29)(H,30,31,32). The van der Waals surface area contributed by atoms with Crippen LogP contribution < -0.4 is 10.6 Å². The Morgan fingerprint density at radius 3 is 2.48 bits per heavy atom.